The summed E-state index contributed by atoms with van der Waals surface area (Å²) in [5, 5.41) is 0. The molecule has 0 saturated carbocycles. The van der Waals surface area contributed by atoms with Crippen LogP contribution in [0.1, 0.15) is 58.9 Å². The van der Waals surface area contributed by atoms with Gasteiger partial charge in [-0.2, -0.15) is 0 Å². The van der Waals surface area contributed by atoms with Crippen molar-refractivity contribution in [2.24, 2.45) is 0 Å². The molecule has 0 bridgehead atoms. The van der Waals surface area contributed by atoms with E-state index >= 15 is 0 Å². The second-order valence-corrected chi connectivity index (χ2v) is 13.9. The van der Waals surface area contributed by atoms with Gasteiger partial charge in [0.2, 0.25) is 0 Å². The Labute approximate surface area is 146 Å². The normalized spacial score (nSPS) is 15.1. The molecule has 0 fully saturated rings. The molecule has 0 radical (unpaired) electrons. The molecule has 2 nitrogen and oxygen atoms in total. The van der Waals surface area contributed by atoms with Crippen molar-refractivity contribution in [3.8, 4) is 0 Å². The Morgan fingerprint density at radius 3 is 1.57 bits per heavy atom. The molecule has 134 valence electrons. The van der Waals surface area contributed by atoms with Gasteiger partial charge in [0.05, 0.1) is 0 Å². The summed E-state index contributed by atoms with van der Waals surface area (Å²) in [6, 6.07) is 7.94. The van der Waals surface area contributed by atoms with Crippen molar-refractivity contribution in [2.75, 3.05) is 24.6 Å². The van der Waals surface area contributed by atoms with Gasteiger partial charge < -0.3 is 0 Å². The predicted octanol–water partition coefficient (Wildman–Crippen LogP) is 6.14. The van der Waals surface area contributed by atoms with Gasteiger partial charge in [0.1, 0.15) is 0 Å². The standard InChI is InChI=1S/C19H35O2PS/c1-6-14-22(15-7-2,16-8-3,17-9-4)21-23(20)19-12-10-18(5)11-13-19/h10-13H,6-9,14-17H2,1-5H3. The predicted molar refractivity (Wildman–Crippen MR) is 106 cm³/mol. The van der Waals surface area contributed by atoms with Crippen LogP contribution < -0.4 is 0 Å². The van der Waals surface area contributed by atoms with Gasteiger partial charge in [-0.05, 0) is 0 Å². The third kappa shape index (κ3) is 5.37. The first kappa shape index (κ1) is 20.8. The Kier molecular flexibility index (Phi) is 8.41. The van der Waals surface area contributed by atoms with Crippen LogP contribution in [0.15, 0.2) is 29.2 Å². The molecule has 0 N–H and O–H groups in total. The summed E-state index contributed by atoms with van der Waals surface area (Å²) in [5.74, 6) is 0. The molecule has 1 rings (SSSR count). The Morgan fingerprint density at radius 2 is 1.22 bits per heavy atom. The van der Waals surface area contributed by atoms with E-state index in [-0.39, 0.29) is 0 Å². The van der Waals surface area contributed by atoms with Crippen molar-refractivity contribution in [2.45, 2.75) is 65.2 Å². The number of benzene rings is 1. The molecule has 0 saturated heterocycles. The van der Waals surface area contributed by atoms with Crippen LogP contribution in [0, 0.1) is 6.92 Å². The zero-order valence-corrected chi connectivity index (χ0v) is 17.3. The van der Waals surface area contributed by atoms with E-state index in [2.05, 4.69) is 34.6 Å². The monoisotopic (exact) mass is 358 g/mol. The zero-order chi connectivity index (χ0) is 17.4. The van der Waals surface area contributed by atoms with Crippen molar-refractivity contribution in [1.82, 2.24) is 0 Å². The Bertz CT molecular complexity index is 463. The third-order valence-corrected chi connectivity index (χ3v) is 13.8. The average molecular weight is 359 g/mol. The molecule has 1 aromatic rings. The fraction of sp³-hybridized carbons (Fsp3) is 0.684. The molecule has 0 aliphatic heterocycles. The van der Waals surface area contributed by atoms with Crippen LogP contribution in [-0.4, -0.2) is 28.9 Å². The van der Waals surface area contributed by atoms with Gasteiger partial charge >= 0.3 is 146 Å². The molecule has 0 aliphatic rings. The quantitative estimate of drug-likeness (QED) is 0.444. The van der Waals surface area contributed by atoms with E-state index in [0.717, 1.165) is 55.2 Å². The van der Waals surface area contributed by atoms with Crippen LogP contribution in [-0.2, 0) is 15.1 Å². The van der Waals surface area contributed by atoms with Gasteiger partial charge in [0.25, 0.3) is 0 Å². The molecule has 23 heavy (non-hydrogen) atoms. The topological polar surface area (TPSA) is 26.3 Å². The molecule has 0 amide bonds. The molecule has 4 heteroatoms. The van der Waals surface area contributed by atoms with Crippen LogP contribution in [0.25, 0.3) is 0 Å². The first-order valence-electron chi connectivity index (χ1n) is 9.13. The van der Waals surface area contributed by atoms with Crippen LogP contribution in [0.5, 0.6) is 0 Å². The maximum absolute atomic E-state index is 13.0. The number of aryl methyl sites for hydroxylation is 1. The van der Waals surface area contributed by atoms with Crippen molar-refractivity contribution in [1.29, 1.82) is 0 Å². The van der Waals surface area contributed by atoms with E-state index in [1.54, 1.807) is 0 Å². The van der Waals surface area contributed by atoms with E-state index < -0.39 is 17.9 Å². The van der Waals surface area contributed by atoms with Gasteiger partial charge in [0.15, 0.2) is 0 Å². The van der Waals surface area contributed by atoms with Crippen LogP contribution >= 0.6 is 6.83 Å². The Hall–Kier alpha value is -0.240. The maximum atomic E-state index is 13.0. The van der Waals surface area contributed by atoms with Gasteiger partial charge in [-0.15, -0.1) is 0 Å². The van der Waals surface area contributed by atoms with Gasteiger partial charge in [-0.1, -0.05) is 0 Å². The molecule has 1 atom stereocenters. The number of hydrogen-bond acceptors (Lipinski definition) is 2. The van der Waals surface area contributed by atoms with Gasteiger partial charge in [-0.25, -0.2) is 0 Å². The Morgan fingerprint density at radius 1 is 0.826 bits per heavy atom. The van der Waals surface area contributed by atoms with Gasteiger partial charge in [-0.3, -0.25) is 0 Å². The molecule has 1 aromatic carbocycles. The van der Waals surface area contributed by atoms with E-state index in [4.69, 9.17) is 3.97 Å². The summed E-state index contributed by atoms with van der Waals surface area (Å²) in [7, 11) is 0. The number of hydrogen-bond donors (Lipinski definition) is 0. The summed E-state index contributed by atoms with van der Waals surface area (Å²) in [6.07, 6.45) is 8.90. The van der Waals surface area contributed by atoms with Gasteiger partial charge in [0, 0.05) is 0 Å². The third-order valence-electron chi connectivity index (χ3n) is 4.65. The number of rotatable bonds is 11. The second-order valence-electron chi connectivity index (χ2n) is 6.87. The molecular formula is C19H35O2PS. The van der Waals surface area contributed by atoms with Crippen molar-refractivity contribution >= 4 is 17.9 Å². The summed E-state index contributed by atoms with van der Waals surface area (Å²) >= 11 is -1.35. The molecule has 0 spiro atoms. The van der Waals surface area contributed by atoms with E-state index in [9.17, 15) is 4.21 Å². The fourth-order valence-electron chi connectivity index (χ4n) is 3.97. The average Bonchev–Trinajstić information content (AvgIpc) is 2.49. The van der Waals surface area contributed by atoms with E-state index in [1.807, 2.05) is 24.3 Å². The van der Waals surface area contributed by atoms with E-state index in [0.29, 0.717) is 0 Å². The SMILES string of the molecule is CCCP(CCC)(CCC)(CCC)OS(=O)c1ccc(C)cc1. The first-order valence-corrected chi connectivity index (χ1v) is 13.1. The summed E-state index contributed by atoms with van der Waals surface area (Å²) in [4.78, 5) is 0.809. The van der Waals surface area contributed by atoms with Crippen LogP contribution in [0.3, 0.4) is 0 Å². The zero-order valence-electron chi connectivity index (χ0n) is 15.6. The van der Waals surface area contributed by atoms with Crippen LogP contribution in [0.4, 0.5) is 0 Å². The van der Waals surface area contributed by atoms with E-state index in [1.165, 1.54) is 5.56 Å². The minimum atomic E-state index is -2.40. The van der Waals surface area contributed by atoms with Crippen molar-refractivity contribution < 1.29 is 8.18 Å². The Balaban J connectivity index is 3.20. The molecule has 0 heterocycles. The molecule has 1 unspecified atom stereocenters. The first-order chi connectivity index (χ1) is 10.9. The summed E-state index contributed by atoms with van der Waals surface area (Å²) < 4.78 is 19.6. The van der Waals surface area contributed by atoms with Crippen LogP contribution in [0.2, 0.25) is 0 Å². The molecule has 0 aromatic heterocycles. The summed E-state index contributed by atoms with van der Waals surface area (Å²) in [6.45, 7) is 8.60. The summed E-state index contributed by atoms with van der Waals surface area (Å²) in [5.41, 5.74) is 1.19. The molecule has 0 aliphatic carbocycles. The fourth-order valence-corrected chi connectivity index (χ4v) is 13.3. The second kappa shape index (κ2) is 9.30. The van der Waals surface area contributed by atoms with Crippen molar-refractivity contribution in [3.63, 3.8) is 0 Å². The molecular weight excluding hydrogens is 323 g/mol. The minimum absolute atomic E-state index is 0.809. The van der Waals surface area contributed by atoms with Crippen molar-refractivity contribution in [3.05, 3.63) is 29.8 Å².